The van der Waals surface area contributed by atoms with Gasteiger partial charge >= 0.3 is 0 Å². The minimum absolute atomic E-state index is 0.177. The van der Waals surface area contributed by atoms with Crippen molar-refractivity contribution in [2.45, 2.75) is 34.1 Å². The summed E-state index contributed by atoms with van der Waals surface area (Å²) in [6, 6.07) is 0. The van der Waals surface area contributed by atoms with Crippen LogP contribution in [0.2, 0.25) is 0 Å². The fraction of sp³-hybridized carbons (Fsp3) is 0.800. The van der Waals surface area contributed by atoms with Crippen LogP contribution < -0.4 is 5.32 Å². The van der Waals surface area contributed by atoms with Gasteiger partial charge in [0.2, 0.25) is 5.91 Å². The van der Waals surface area contributed by atoms with Crippen LogP contribution in [0.25, 0.3) is 0 Å². The van der Waals surface area contributed by atoms with Gasteiger partial charge in [0.05, 0.1) is 0 Å². The maximum atomic E-state index is 12.4. The van der Waals surface area contributed by atoms with Gasteiger partial charge in [0.15, 0.2) is 0 Å². The van der Waals surface area contributed by atoms with Crippen molar-refractivity contribution in [3.05, 3.63) is 11.6 Å². The molecule has 0 aliphatic carbocycles. The van der Waals surface area contributed by atoms with Crippen molar-refractivity contribution < 1.29 is 4.79 Å². The SMILES string of the molecule is CC(C(=O)N1CC=C(C(C)(C)C)CC1)C1CNC1. The molecule has 0 aromatic carbocycles. The molecule has 0 bridgehead atoms. The number of nitrogens with one attached hydrogen (secondary N) is 1. The van der Waals surface area contributed by atoms with Gasteiger partial charge in [0.25, 0.3) is 0 Å². The minimum atomic E-state index is 0.177. The Morgan fingerprint density at radius 3 is 2.50 bits per heavy atom. The maximum Gasteiger partial charge on any atom is 0.226 e. The number of rotatable bonds is 2. The second-order valence-electron chi connectivity index (χ2n) is 6.72. The lowest BCUT2D eigenvalue weighted by atomic mass is 9.82. The Hall–Kier alpha value is -0.830. The predicted octanol–water partition coefficient (Wildman–Crippen LogP) is 2.05. The average molecular weight is 250 g/mol. The van der Waals surface area contributed by atoms with Crippen molar-refractivity contribution in [2.75, 3.05) is 26.2 Å². The average Bonchev–Trinajstić information content (AvgIpc) is 2.24. The van der Waals surface area contributed by atoms with Gasteiger partial charge in [-0.25, -0.2) is 0 Å². The molecule has 2 heterocycles. The number of hydrogen-bond donors (Lipinski definition) is 1. The molecule has 2 aliphatic rings. The van der Waals surface area contributed by atoms with Gasteiger partial charge < -0.3 is 10.2 Å². The summed E-state index contributed by atoms with van der Waals surface area (Å²) in [6.07, 6.45) is 3.29. The fourth-order valence-electron chi connectivity index (χ4n) is 2.70. The van der Waals surface area contributed by atoms with E-state index in [-0.39, 0.29) is 11.3 Å². The van der Waals surface area contributed by atoms with Gasteiger partial charge in [0.1, 0.15) is 0 Å². The Morgan fingerprint density at radius 1 is 1.44 bits per heavy atom. The normalized spacial score (nSPS) is 23.3. The molecule has 3 nitrogen and oxygen atoms in total. The third-order valence-corrected chi connectivity index (χ3v) is 4.39. The molecule has 1 N–H and O–H groups in total. The van der Waals surface area contributed by atoms with Crippen LogP contribution >= 0.6 is 0 Å². The van der Waals surface area contributed by atoms with Crippen molar-refractivity contribution in [3.8, 4) is 0 Å². The summed E-state index contributed by atoms with van der Waals surface area (Å²) < 4.78 is 0. The lowest BCUT2D eigenvalue weighted by Crippen LogP contribution is -2.51. The predicted molar refractivity (Wildman–Crippen MR) is 74.3 cm³/mol. The quantitative estimate of drug-likeness (QED) is 0.761. The highest BCUT2D eigenvalue weighted by Gasteiger charge is 2.32. The Bertz CT molecular complexity index is 350. The molecular weight excluding hydrogens is 224 g/mol. The number of carbonyl (C=O) groups excluding carboxylic acids is 1. The van der Waals surface area contributed by atoms with E-state index in [2.05, 4.69) is 39.1 Å². The summed E-state index contributed by atoms with van der Waals surface area (Å²) >= 11 is 0. The highest BCUT2D eigenvalue weighted by Crippen LogP contribution is 2.30. The first-order valence-electron chi connectivity index (χ1n) is 7.08. The first kappa shape index (κ1) is 13.6. The van der Waals surface area contributed by atoms with Crippen LogP contribution in [0.1, 0.15) is 34.1 Å². The second kappa shape index (κ2) is 5.04. The zero-order valence-corrected chi connectivity index (χ0v) is 12.1. The summed E-state index contributed by atoms with van der Waals surface area (Å²) in [7, 11) is 0. The number of hydrogen-bond acceptors (Lipinski definition) is 2. The molecule has 2 aliphatic heterocycles. The number of amides is 1. The zero-order valence-electron chi connectivity index (χ0n) is 12.1. The van der Waals surface area contributed by atoms with Crippen LogP contribution in [0.15, 0.2) is 11.6 Å². The highest BCUT2D eigenvalue weighted by molar-refractivity contribution is 5.79. The van der Waals surface area contributed by atoms with Crippen molar-refractivity contribution in [3.63, 3.8) is 0 Å². The van der Waals surface area contributed by atoms with Gasteiger partial charge in [-0.05, 0) is 30.8 Å². The molecule has 1 atom stereocenters. The van der Waals surface area contributed by atoms with E-state index in [1.807, 2.05) is 4.90 Å². The van der Waals surface area contributed by atoms with Crippen molar-refractivity contribution in [2.24, 2.45) is 17.3 Å². The molecular formula is C15H26N2O. The van der Waals surface area contributed by atoms with Crippen molar-refractivity contribution in [1.29, 1.82) is 0 Å². The second-order valence-corrected chi connectivity index (χ2v) is 6.72. The fourth-order valence-corrected chi connectivity index (χ4v) is 2.70. The molecule has 1 saturated heterocycles. The molecule has 3 heteroatoms. The van der Waals surface area contributed by atoms with E-state index in [0.717, 1.165) is 32.6 Å². The van der Waals surface area contributed by atoms with Crippen LogP contribution in [0.5, 0.6) is 0 Å². The van der Waals surface area contributed by atoms with Crippen LogP contribution in [-0.2, 0) is 4.79 Å². The van der Waals surface area contributed by atoms with E-state index in [1.54, 1.807) is 0 Å². The third-order valence-electron chi connectivity index (χ3n) is 4.39. The lowest BCUT2D eigenvalue weighted by molar-refractivity contribution is -0.137. The lowest BCUT2D eigenvalue weighted by Gasteiger charge is -2.37. The Morgan fingerprint density at radius 2 is 2.11 bits per heavy atom. The minimum Gasteiger partial charge on any atom is -0.338 e. The van der Waals surface area contributed by atoms with E-state index in [9.17, 15) is 4.79 Å². The summed E-state index contributed by atoms with van der Waals surface area (Å²) in [4.78, 5) is 14.4. The third kappa shape index (κ3) is 2.77. The Balaban J connectivity index is 1.92. The van der Waals surface area contributed by atoms with Crippen molar-refractivity contribution >= 4 is 5.91 Å². The molecule has 18 heavy (non-hydrogen) atoms. The van der Waals surface area contributed by atoms with Gasteiger partial charge in [-0.15, -0.1) is 0 Å². The van der Waals surface area contributed by atoms with E-state index < -0.39 is 0 Å². The molecule has 0 spiro atoms. The Labute approximate surface area is 111 Å². The van der Waals surface area contributed by atoms with Crippen LogP contribution in [0, 0.1) is 17.3 Å². The largest absolute Gasteiger partial charge is 0.338 e. The Kier molecular flexibility index (Phi) is 3.81. The van der Waals surface area contributed by atoms with Gasteiger partial charge in [-0.3, -0.25) is 4.79 Å². The molecule has 1 unspecified atom stereocenters. The van der Waals surface area contributed by atoms with E-state index >= 15 is 0 Å². The van der Waals surface area contributed by atoms with Crippen LogP contribution in [-0.4, -0.2) is 37.0 Å². The van der Waals surface area contributed by atoms with Crippen LogP contribution in [0.4, 0.5) is 0 Å². The molecule has 102 valence electrons. The molecule has 0 aromatic heterocycles. The van der Waals surface area contributed by atoms with Crippen LogP contribution in [0.3, 0.4) is 0 Å². The number of carbonyl (C=O) groups is 1. The molecule has 1 fully saturated rings. The smallest absolute Gasteiger partial charge is 0.226 e. The van der Waals surface area contributed by atoms with Crippen molar-refractivity contribution in [1.82, 2.24) is 10.2 Å². The van der Waals surface area contributed by atoms with E-state index in [4.69, 9.17) is 0 Å². The molecule has 0 saturated carbocycles. The van der Waals surface area contributed by atoms with Gasteiger partial charge in [-0.2, -0.15) is 0 Å². The molecule has 1 amide bonds. The summed E-state index contributed by atoms with van der Waals surface area (Å²) in [6.45, 7) is 12.5. The topological polar surface area (TPSA) is 32.3 Å². The summed E-state index contributed by atoms with van der Waals surface area (Å²) in [5, 5.41) is 3.24. The molecule has 2 rings (SSSR count). The van der Waals surface area contributed by atoms with Gasteiger partial charge in [-0.1, -0.05) is 39.3 Å². The van der Waals surface area contributed by atoms with E-state index in [1.165, 1.54) is 5.57 Å². The monoisotopic (exact) mass is 250 g/mol. The maximum absolute atomic E-state index is 12.4. The highest BCUT2D eigenvalue weighted by atomic mass is 16.2. The van der Waals surface area contributed by atoms with E-state index in [0.29, 0.717) is 11.8 Å². The van der Waals surface area contributed by atoms with Gasteiger partial charge in [0, 0.05) is 19.0 Å². The summed E-state index contributed by atoms with van der Waals surface area (Å²) in [5.41, 5.74) is 1.74. The molecule has 0 radical (unpaired) electrons. The zero-order chi connectivity index (χ0) is 13.3. The first-order valence-corrected chi connectivity index (χ1v) is 7.08. The summed E-state index contributed by atoms with van der Waals surface area (Å²) in [5.74, 6) is 1.06. The standard InChI is InChI=1S/C15H26N2O/c1-11(12-9-16-10-12)14(18)17-7-5-13(6-8-17)15(2,3)4/h5,11-12,16H,6-10H2,1-4H3. The number of nitrogens with zero attached hydrogens (tertiary/aromatic N) is 1. The first-order chi connectivity index (χ1) is 8.39. The molecule has 0 aromatic rings.